The van der Waals surface area contributed by atoms with Crippen LogP contribution in [0, 0.1) is 0 Å². The van der Waals surface area contributed by atoms with Gasteiger partial charge in [-0.3, -0.25) is 4.79 Å². The number of halogens is 1. The normalized spacial score (nSPS) is 14.7. The topological polar surface area (TPSA) is 66.5 Å². The molecule has 1 aliphatic rings. The molecule has 27 heavy (non-hydrogen) atoms. The maximum atomic E-state index is 12.9. The lowest BCUT2D eigenvalue weighted by atomic mass is 10.0. The number of rotatable bonds is 3. The molecule has 5 nitrogen and oxygen atoms in total. The van der Waals surface area contributed by atoms with Gasteiger partial charge >= 0.3 is 0 Å². The molecule has 0 fully saturated rings. The minimum absolute atomic E-state index is 0.137. The lowest BCUT2D eigenvalue weighted by Crippen LogP contribution is -2.40. The number of sulfonamides is 1. The summed E-state index contributed by atoms with van der Waals surface area (Å²) in [5.74, 6) is -0.137. The van der Waals surface area contributed by atoms with Crippen molar-refractivity contribution < 1.29 is 13.2 Å². The minimum atomic E-state index is -3.62. The quantitative estimate of drug-likeness (QED) is 0.837. The SMILES string of the molecule is CC(C)(C)NS(=O)(=O)c1ccc2c(c1)CCCN2C(=O)c1cccc(Cl)c1. The zero-order valence-corrected chi connectivity index (χ0v) is 17.2. The second-order valence-electron chi connectivity index (χ2n) is 7.72. The molecule has 1 N–H and O–H groups in total. The number of benzene rings is 2. The summed E-state index contributed by atoms with van der Waals surface area (Å²) in [6.45, 7) is 5.99. The monoisotopic (exact) mass is 406 g/mol. The van der Waals surface area contributed by atoms with Crippen LogP contribution >= 0.6 is 11.6 Å². The van der Waals surface area contributed by atoms with Crippen molar-refractivity contribution in [3.05, 3.63) is 58.6 Å². The van der Waals surface area contributed by atoms with Crippen molar-refractivity contribution in [2.24, 2.45) is 0 Å². The number of hydrogen-bond donors (Lipinski definition) is 1. The van der Waals surface area contributed by atoms with Crippen LogP contribution in [-0.4, -0.2) is 26.4 Å². The smallest absolute Gasteiger partial charge is 0.258 e. The molecule has 0 atom stereocenters. The Balaban J connectivity index is 1.95. The zero-order valence-electron chi connectivity index (χ0n) is 15.6. The van der Waals surface area contributed by atoms with Crippen molar-refractivity contribution in [2.75, 3.05) is 11.4 Å². The van der Waals surface area contributed by atoms with Crippen LogP contribution in [0.1, 0.15) is 43.1 Å². The molecule has 0 saturated heterocycles. The molecule has 2 aromatic rings. The van der Waals surface area contributed by atoms with Crippen molar-refractivity contribution in [3.63, 3.8) is 0 Å². The van der Waals surface area contributed by atoms with Crippen molar-refractivity contribution >= 4 is 33.2 Å². The Kier molecular flexibility index (Phi) is 5.34. The van der Waals surface area contributed by atoms with E-state index in [2.05, 4.69) is 4.72 Å². The van der Waals surface area contributed by atoms with E-state index >= 15 is 0 Å². The first-order valence-electron chi connectivity index (χ1n) is 8.81. The van der Waals surface area contributed by atoms with Gasteiger partial charge in [-0.2, -0.15) is 0 Å². The van der Waals surface area contributed by atoms with E-state index in [-0.39, 0.29) is 10.8 Å². The molecule has 0 unspecified atom stereocenters. The predicted molar refractivity (Wildman–Crippen MR) is 108 cm³/mol. The molecule has 7 heteroatoms. The van der Waals surface area contributed by atoms with E-state index in [0.717, 1.165) is 24.1 Å². The molecular formula is C20H23ClN2O3S. The molecule has 1 amide bonds. The molecule has 3 rings (SSSR count). The van der Waals surface area contributed by atoms with Crippen LogP contribution in [0.2, 0.25) is 5.02 Å². The van der Waals surface area contributed by atoms with E-state index < -0.39 is 15.6 Å². The van der Waals surface area contributed by atoms with Gasteiger partial charge in [-0.1, -0.05) is 17.7 Å². The van der Waals surface area contributed by atoms with Crippen LogP contribution in [0.25, 0.3) is 0 Å². The number of carbonyl (C=O) groups is 1. The summed E-state index contributed by atoms with van der Waals surface area (Å²) < 4.78 is 27.9. The van der Waals surface area contributed by atoms with Crippen LogP contribution < -0.4 is 9.62 Å². The number of fused-ring (bicyclic) bond motifs is 1. The Hall–Kier alpha value is -1.89. The van der Waals surface area contributed by atoms with Gasteiger partial charge in [-0.15, -0.1) is 0 Å². The Morgan fingerprint density at radius 2 is 1.89 bits per heavy atom. The predicted octanol–water partition coefficient (Wildman–Crippen LogP) is 4.01. The molecule has 2 aromatic carbocycles. The largest absolute Gasteiger partial charge is 0.308 e. The van der Waals surface area contributed by atoms with Crippen LogP contribution in [0.15, 0.2) is 47.4 Å². The first-order chi connectivity index (χ1) is 12.6. The summed E-state index contributed by atoms with van der Waals surface area (Å²) in [4.78, 5) is 14.8. The summed E-state index contributed by atoms with van der Waals surface area (Å²) in [5.41, 5.74) is 1.55. The summed E-state index contributed by atoms with van der Waals surface area (Å²) in [6, 6.07) is 11.8. The average molecular weight is 407 g/mol. The van der Waals surface area contributed by atoms with Crippen LogP contribution in [0.3, 0.4) is 0 Å². The number of nitrogens with one attached hydrogen (secondary N) is 1. The summed E-state index contributed by atoms with van der Waals surface area (Å²) in [6.07, 6.45) is 1.50. The average Bonchev–Trinajstić information content (AvgIpc) is 2.58. The van der Waals surface area contributed by atoms with Gasteiger partial charge in [0.15, 0.2) is 0 Å². The Morgan fingerprint density at radius 3 is 2.56 bits per heavy atom. The third-order valence-corrected chi connectivity index (χ3v) is 6.23. The number of hydrogen-bond acceptors (Lipinski definition) is 3. The highest BCUT2D eigenvalue weighted by Gasteiger charge is 2.27. The van der Waals surface area contributed by atoms with Crippen molar-refractivity contribution in [1.29, 1.82) is 0 Å². The van der Waals surface area contributed by atoms with E-state index in [9.17, 15) is 13.2 Å². The Morgan fingerprint density at radius 1 is 1.15 bits per heavy atom. The fourth-order valence-electron chi connectivity index (χ4n) is 3.19. The highest BCUT2D eigenvalue weighted by Crippen LogP contribution is 2.31. The fourth-order valence-corrected chi connectivity index (χ4v) is 4.85. The van der Waals surface area contributed by atoms with Gasteiger partial charge in [0, 0.05) is 28.4 Å². The summed E-state index contributed by atoms with van der Waals surface area (Å²) in [7, 11) is -3.62. The molecule has 0 bridgehead atoms. The standard InChI is InChI=1S/C20H23ClN2O3S/c1-20(2,3)22-27(25,26)17-9-10-18-14(13-17)7-5-11-23(18)19(24)15-6-4-8-16(21)12-15/h4,6,8-10,12-13,22H,5,7,11H2,1-3H3. The second-order valence-corrected chi connectivity index (χ2v) is 9.84. The molecule has 144 valence electrons. The Labute approximate surface area is 165 Å². The number of aryl methyl sites for hydroxylation is 1. The van der Waals surface area contributed by atoms with Gasteiger partial charge in [0.05, 0.1) is 4.90 Å². The van der Waals surface area contributed by atoms with E-state index in [4.69, 9.17) is 11.6 Å². The van der Waals surface area contributed by atoms with Crippen LogP contribution in [0.4, 0.5) is 5.69 Å². The molecule has 0 spiro atoms. The summed E-state index contributed by atoms with van der Waals surface area (Å²) in [5, 5.41) is 0.507. The number of nitrogens with zero attached hydrogens (tertiary/aromatic N) is 1. The van der Waals surface area contributed by atoms with Crippen molar-refractivity contribution in [1.82, 2.24) is 4.72 Å². The molecule has 1 aliphatic heterocycles. The maximum absolute atomic E-state index is 12.9. The molecule has 0 aromatic heterocycles. The molecule has 1 heterocycles. The third kappa shape index (κ3) is 4.51. The first kappa shape index (κ1) is 19.9. The number of anilines is 1. The maximum Gasteiger partial charge on any atom is 0.258 e. The van der Waals surface area contributed by atoms with E-state index in [1.165, 1.54) is 0 Å². The second kappa shape index (κ2) is 7.26. The third-order valence-electron chi connectivity index (χ3n) is 4.24. The van der Waals surface area contributed by atoms with Gasteiger partial charge in [0.25, 0.3) is 5.91 Å². The summed E-state index contributed by atoms with van der Waals surface area (Å²) >= 11 is 6.01. The fraction of sp³-hybridized carbons (Fsp3) is 0.350. The van der Waals surface area contributed by atoms with Crippen molar-refractivity contribution in [3.8, 4) is 0 Å². The zero-order chi connectivity index (χ0) is 19.8. The highest BCUT2D eigenvalue weighted by atomic mass is 35.5. The van der Waals surface area contributed by atoms with Crippen LogP contribution in [0.5, 0.6) is 0 Å². The molecule has 0 saturated carbocycles. The lowest BCUT2D eigenvalue weighted by Gasteiger charge is -2.30. The molecule has 0 aliphatic carbocycles. The van der Waals surface area contributed by atoms with E-state index in [1.54, 1.807) is 68.1 Å². The molecular weight excluding hydrogens is 384 g/mol. The van der Waals surface area contributed by atoms with E-state index in [1.807, 2.05) is 0 Å². The van der Waals surface area contributed by atoms with Crippen LogP contribution in [-0.2, 0) is 16.4 Å². The lowest BCUT2D eigenvalue weighted by molar-refractivity contribution is 0.0985. The molecule has 0 radical (unpaired) electrons. The van der Waals surface area contributed by atoms with Gasteiger partial charge in [0.2, 0.25) is 10.0 Å². The Bertz CT molecular complexity index is 981. The minimum Gasteiger partial charge on any atom is -0.308 e. The van der Waals surface area contributed by atoms with Gasteiger partial charge in [-0.05, 0) is 75.6 Å². The first-order valence-corrected chi connectivity index (χ1v) is 10.7. The highest BCUT2D eigenvalue weighted by molar-refractivity contribution is 7.89. The van der Waals surface area contributed by atoms with Crippen molar-refractivity contribution in [2.45, 2.75) is 44.0 Å². The van der Waals surface area contributed by atoms with Gasteiger partial charge in [0.1, 0.15) is 0 Å². The van der Waals surface area contributed by atoms with E-state index in [0.29, 0.717) is 17.1 Å². The number of carbonyl (C=O) groups excluding carboxylic acids is 1. The number of amides is 1. The van der Waals surface area contributed by atoms with Gasteiger partial charge < -0.3 is 4.90 Å². The van der Waals surface area contributed by atoms with Gasteiger partial charge in [-0.25, -0.2) is 13.1 Å².